The highest BCUT2D eigenvalue weighted by molar-refractivity contribution is 6.31. The van der Waals surface area contributed by atoms with Crippen LogP contribution in [0.4, 0.5) is 4.39 Å². The van der Waals surface area contributed by atoms with E-state index in [1.54, 1.807) is 12.1 Å². The van der Waals surface area contributed by atoms with Crippen molar-refractivity contribution in [1.82, 2.24) is 10.2 Å². The van der Waals surface area contributed by atoms with E-state index in [9.17, 15) is 4.39 Å². The van der Waals surface area contributed by atoms with Crippen LogP contribution >= 0.6 is 11.6 Å². The number of piperazine rings is 1. The fourth-order valence-electron chi connectivity index (χ4n) is 3.02. The van der Waals surface area contributed by atoms with Crippen molar-refractivity contribution in [3.05, 3.63) is 34.6 Å². The third-order valence-corrected chi connectivity index (χ3v) is 4.74. The maximum atomic E-state index is 13.5. The molecule has 0 spiro atoms. The molecule has 1 aliphatic rings. The molecule has 0 saturated carbocycles. The van der Waals surface area contributed by atoms with E-state index in [1.807, 2.05) is 0 Å². The van der Waals surface area contributed by atoms with Gasteiger partial charge >= 0.3 is 0 Å². The molecule has 118 valence electrons. The predicted molar refractivity (Wildman–Crippen MR) is 87.1 cm³/mol. The van der Waals surface area contributed by atoms with E-state index in [0.29, 0.717) is 23.0 Å². The molecule has 1 N–H and O–H groups in total. The third-order valence-electron chi connectivity index (χ3n) is 4.37. The van der Waals surface area contributed by atoms with Crippen molar-refractivity contribution in [2.45, 2.75) is 52.2 Å². The minimum atomic E-state index is -0.211. The Bertz CT molecular complexity index is 464. The van der Waals surface area contributed by atoms with Gasteiger partial charge in [0.05, 0.1) is 0 Å². The Kier molecular flexibility index (Phi) is 6.03. The van der Waals surface area contributed by atoms with Crippen LogP contribution in [0, 0.1) is 11.7 Å². The molecule has 4 heteroatoms. The summed E-state index contributed by atoms with van der Waals surface area (Å²) in [5.74, 6) is 0.384. The summed E-state index contributed by atoms with van der Waals surface area (Å²) in [6.45, 7) is 9.42. The van der Waals surface area contributed by atoms with Crippen molar-refractivity contribution in [2.75, 3.05) is 13.1 Å². The Morgan fingerprint density at radius 2 is 2.19 bits per heavy atom. The molecule has 2 unspecified atom stereocenters. The summed E-state index contributed by atoms with van der Waals surface area (Å²) in [5.41, 5.74) is 0.891. The molecule has 1 aromatic rings. The predicted octanol–water partition coefficient (Wildman–Crippen LogP) is 4.08. The molecular formula is C17H26ClFN2. The Hall–Kier alpha value is -0.640. The second-order valence-corrected chi connectivity index (χ2v) is 6.77. The van der Waals surface area contributed by atoms with Gasteiger partial charge in [0.15, 0.2) is 0 Å². The highest BCUT2D eigenvalue weighted by Crippen LogP contribution is 2.23. The van der Waals surface area contributed by atoms with Gasteiger partial charge in [0.2, 0.25) is 0 Å². The first-order chi connectivity index (χ1) is 10.0. The number of hydrogen-bond donors (Lipinski definition) is 1. The molecule has 2 nitrogen and oxygen atoms in total. The van der Waals surface area contributed by atoms with Crippen LogP contribution in [0.1, 0.15) is 39.2 Å². The van der Waals surface area contributed by atoms with Crippen LogP contribution in [0.25, 0.3) is 0 Å². The molecule has 1 saturated heterocycles. The maximum absolute atomic E-state index is 13.5. The molecule has 21 heavy (non-hydrogen) atoms. The average Bonchev–Trinajstić information content (AvgIpc) is 2.44. The highest BCUT2D eigenvalue weighted by Gasteiger charge is 2.29. The zero-order valence-corrected chi connectivity index (χ0v) is 14.0. The third kappa shape index (κ3) is 4.41. The van der Waals surface area contributed by atoms with Crippen molar-refractivity contribution in [3.63, 3.8) is 0 Å². The van der Waals surface area contributed by atoms with Crippen molar-refractivity contribution >= 4 is 11.6 Å². The summed E-state index contributed by atoms with van der Waals surface area (Å²) in [4.78, 5) is 2.46. The topological polar surface area (TPSA) is 15.3 Å². The molecule has 2 atom stereocenters. The van der Waals surface area contributed by atoms with Gasteiger partial charge in [-0.3, -0.25) is 4.90 Å². The molecule has 1 heterocycles. The van der Waals surface area contributed by atoms with Crippen LogP contribution in [0.2, 0.25) is 5.02 Å². The van der Waals surface area contributed by atoms with Crippen LogP contribution in [-0.2, 0) is 6.54 Å². The Balaban J connectivity index is 2.13. The summed E-state index contributed by atoms with van der Waals surface area (Å²) < 4.78 is 13.5. The van der Waals surface area contributed by atoms with Gasteiger partial charge in [-0.2, -0.15) is 0 Å². The molecule has 2 rings (SSSR count). The fraction of sp³-hybridized carbons (Fsp3) is 0.647. The Morgan fingerprint density at radius 3 is 2.86 bits per heavy atom. The van der Waals surface area contributed by atoms with Crippen LogP contribution in [-0.4, -0.2) is 30.1 Å². The largest absolute Gasteiger partial charge is 0.311 e. The molecular weight excluding hydrogens is 287 g/mol. The monoisotopic (exact) mass is 312 g/mol. The molecule has 0 amide bonds. The van der Waals surface area contributed by atoms with Gasteiger partial charge in [-0.1, -0.05) is 38.8 Å². The quantitative estimate of drug-likeness (QED) is 0.881. The normalized spacial score (nSPS) is 23.7. The van der Waals surface area contributed by atoms with Crippen LogP contribution in [0.15, 0.2) is 18.2 Å². The van der Waals surface area contributed by atoms with Gasteiger partial charge in [-0.05, 0) is 36.1 Å². The fourth-order valence-corrected chi connectivity index (χ4v) is 3.20. The lowest BCUT2D eigenvalue weighted by molar-refractivity contribution is 0.0997. The van der Waals surface area contributed by atoms with E-state index in [0.717, 1.165) is 38.0 Å². The Labute approximate surface area is 132 Å². The van der Waals surface area contributed by atoms with Gasteiger partial charge in [-0.15, -0.1) is 0 Å². The van der Waals surface area contributed by atoms with Crippen molar-refractivity contribution in [1.29, 1.82) is 0 Å². The van der Waals surface area contributed by atoms with E-state index >= 15 is 0 Å². The van der Waals surface area contributed by atoms with Gasteiger partial charge in [-0.25, -0.2) is 4.39 Å². The number of hydrogen-bond acceptors (Lipinski definition) is 2. The number of halogens is 2. The summed E-state index contributed by atoms with van der Waals surface area (Å²) in [5, 5.41) is 4.31. The van der Waals surface area contributed by atoms with Crippen LogP contribution in [0.3, 0.4) is 0 Å². The number of nitrogens with zero attached hydrogens (tertiary/aromatic N) is 1. The number of rotatable bonds is 5. The SMILES string of the molecule is CCCC1CNC(C(C)C)CN1Cc1cc(F)ccc1Cl. The summed E-state index contributed by atoms with van der Waals surface area (Å²) in [6, 6.07) is 5.64. The second-order valence-electron chi connectivity index (χ2n) is 6.37. The average molecular weight is 313 g/mol. The van der Waals surface area contributed by atoms with E-state index in [-0.39, 0.29) is 5.82 Å². The number of benzene rings is 1. The summed E-state index contributed by atoms with van der Waals surface area (Å²) in [7, 11) is 0. The molecule has 0 radical (unpaired) electrons. The second kappa shape index (κ2) is 7.57. The first-order valence-corrected chi connectivity index (χ1v) is 8.30. The van der Waals surface area contributed by atoms with Crippen molar-refractivity contribution < 1.29 is 4.39 Å². The minimum Gasteiger partial charge on any atom is -0.311 e. The molecule has 0 aliphatic carbocycles. The zero-order valence-electron chi connectivity index (χ0n) is 13.2. The smallest absolute Gasteiger partial charge is 0.123 e. The number of nitrogens with one attached hydrogen (secondary N) is 1. The van der Waals surface area contributed by atoms with E-state index < -0.39 is 0 Å². The first-order valence-electron chi connectivity index (χ1n) is 7.92. The molecule has 1 aliphatic heterocycles. The molecule has 1 aromatic carbocycles. The standard InChI is InChI=1S/C17H26ClFN2/c1-4-5-15-9-20-17(12(2)3)11-21(15)10-13-8-14(19)6-7-16(13)18/h6-8,12,15,17,20H,4-5,9-11H2,1-3H3. The Morgan fingerprint density at radius 1 is 1.43 bits per heavy atom. The van der Waals surface area contributed by atoms with Gasteiger partial charge in [0, 0.05) is 36.7 Å². The van der Waals surface area contributed by atoms with Crippen molar-refractivity contribution in [3.8, 4) is 0 Å². The zero-order chi connectivity index (χ0) is 15.4. The minimum absolute atomic E-state index is 0.211. The van der Waals surface area contributed by atoms with Crippen LogP contribution < -0.4 is 5.32 Å². The van der Waals surface area contributed by atoms with Crippen LogP contribution in [0.5, 0.6) is 0 Å². The van der Waals surface area contributed by atoms with E-state index in [1.165, 1.54) is 6.07 Å². The summed E-state index contributed by atoms with van der Waals surface area (Å²) in [6.07, 6.45) is 2.32. The lowest BCUT2D eigenvalue weighted by Crippen LogP contribution is -2.57. The van der Waals surface area contributed by atoms with E-state index in [2.05, 4.69) is 31.0 Å². The maximum Gasteiger partial charge on any atom is 0.123 e. The van der Waals surface area contributed by atoms with E-state index in [4.69, 9.17) is 11.6 Å². The lowest BCUT2D eigenvalue weighted by Gasteiger charge is -2.42. The highest BCUT2D eigenvalue weighted by atomic mass is 35.5. The van der Waals surface area contributed by atoms with Gasteiger partial charge in [0.25, 0.3) is 0 Å². The van der Waals surface area contributed by atoms with Gasteiger partial charge < -0.3 is 5.32 Å². The molecule has 0 bridgehead atoms. The lowest BCUT2D eigenvalue weighted by atomic mass is 9.97. The first kappa shape index (κ1) is 16.7. The molecule has 1 fully saturated rings. The summed E-state index contributed by atoms with van der Waals surface area (Å²) >= 11 is 6.23. The molecule has 0 aromatic heterocycles. The van der Waals surface area contributed by atoms with Gasteiger partial charge in [0.1, 0.15) is 5.82 Å². The van der Waals surface area contributed by atoms with Crippen molar-refractivity contribution in [2.24, 2.45) is 5.92 Å².